The van der Waals surface area contributed by atoms with E-state index in [1.165, 1.54) is 4.90 Å². The molecule has 0 aliphatic carbocycles. The van der Waals surface area contributed by atoms with E-state index in [0.717, 1.165) is 0 Å². The lowest BCUT2D eigenvalue weighted by molar-refractivity contribution is -0.132. The Morgan fingerprint density at radius 3 is 2.57 bits per heavy atom. The summed E-state index contributed by atoms with van der Waals surface area (Å²) in [4.78, 5) is 32.3. The molecule has 0 aromatic carbocycles. The van der Waals surface area contributed by atoms with Crippen LogP contribution in [0.3, 0.4) is 0 Å². The summed E-state index contributed by atoms with van der Waals surface area (Å²) in [5.41, 5.74) is 0. The fraction of sp³-hybridized carbons (Fsp3) is 0.588. The van der Waals surface area contributed by atoms with Crippen LogP contribution in [0.2, 0.25) is 0 Å². The number of nitrogens with zero attached hydrogens (tertiary/aromatic N) is 3. The molecule has 1 aromatic rings. The molecule has 2 amide bonds. The molecule has 0 radical (unpaired) electrons. The molecule has 0 unspecified atom stereocenters. The van der Waals surface area contributed by atoms with Crippen LogP contribution in [0.1, 0.15) is 27.7 Å². The van der Waals surface area contributed by atoms with E-state index >= 15 is 0 Å². The van der Waals surface area contributed by atoms with E-state index in [4.69, 9.17) is 4.74 Å². The van der Waals surface area contributed by atoms with Crippen LogP contribution in [0.25, 0.3) is 0 Å². The van der Waals surface area contributed by atoms with Crippen molar-refractivity contribution in [1.82, 2.24) is 9.88 Å². The van der Waals surface area contributed by atoms with Gasteiger partial charge in [0, 0.05) is 19.3 Å². The van der Waals surface area contributed by atoms with Gasteiger partial charge in [-0.3, -0.25) is 14.5 Å². The summed E-state index contributed by atoms with van der Waals surface area (Å²) in [5.74, 6) is 1.43. The summed E-state index contributed by atoms with van der Waals surface area (Å²) in [6, 6.07) is 3.50. The van der Waals surface area contributed by atoms with Crippen LogP contribution in [0.15, 0.2) is 18.3 Å². The van der Waals surface area contributed by atoms with Gasteiger partial charge < -0.3 is 9.64 Å². The molecule has 1 aromatic heterocycles. The molecule has 0 fully saturated rings. The van der Waals surface area contributed by atoms with Gasteiger partial charge in [0.2, 0.25) is 5.91 Å². The molecule has 6 nitrogen and oxygen atoms in total. The maximum atomic E-state index is 12.7. The number of carbonyl (C=O) groups is 2. The Hall–Kier alpha value is -2.11. The summed E-state index contributed by atoms with van der Waals surface area (Å²) in [6.45, 7) is 9.64. The number of fused-ring (bicyclic) bond motifs is 1. The van der Waals surface area contributed by atoms with Crippen LogP contribution >= 0.6 is 0 Å². The number of aromatic nitrogens is 1. The van der Waals surface area contributed by atoms with E-state index in [1.807, 2.05) is 4.90 Å². The fourth-order valence-electron chi connectivity index (χ4n) is 2.59. The molecular formula is C17H25N3O3. The highest BCUT2D eigenvalue weighted by molar-refractivity contribution is 6.01. The summed E-state index contributed by atoms with van der Waals surface area (Å²) in [5, 5.41) is 0. The standard InChI is InChI=1S/C17H25N3O3/c1-12(2)8-19(9-13(3)4)15(21)10-20-16(22)11-23-14-6-5-7-18-17(14)20/h5-7,12-13H,8-11H2,1-4H3. The zero-order valence-corrected chi connectivity index (χ0v) is 14.3. The molecule has 0 N–H and O–H groups in total. The first-order valence-electron chi connectivity index (χ1n) is 8.04. The lowest BCUT2D eigenvalue weighted by atomic mass is 10.1. The van der Waals surface area contributed by atoms with Crippen molar-refractivity contribution >= 4 is 17.6 Å². The average Bonchev–Trinajstić information content (AvgIpc) is 2.48. The van der Waals surface area contributed by atoms with Gasteiger partial charge in [-0.15, -0.1) is 0 Å². The summed E-state index contributed by atoms with van der Waals surface area (Å²) in [7, 11) is 0. The van der Waals surface area contributed by atoms with Crippen molar-refractivity contribution < 1.29 is 14.3 Å². The lowest BCUT2D eigenvalue weighted by Crippen LogP contribution is -2.48. The highest BCUT2D eigenvalue weighted by Crippen LogP contribution is 2.28. The molecule has 23 heavy (non-hydrogen) atoms. The van der Waals surface area contributed by atoms with E-state index in [1.54, 1.807) is 18.3 Å². The molecule has 6 heteroatoms. The van der Waals surface area contributed by atoms with Crippen molar-refractivity contribution in [2.75, 3.05) is 31.1 Å². The Bertz CT molecular complexity index is 562. The number of hydrogen-bond acceptors (Lipinski definition) is 4. The zero-order chi connectivity index (χ0) is 17.0. The molecule has 1 aliphatic rings. The van der Waals surface area contributed by atoms with Gasteiger partial charge >= 0.3 is 0 Å². The van der Waals surface area contributed by atoms with Gasteiger partial charge in [0.15, 0.2) is 18.2 Å². The van der Waals surface area contributed by atoms with Crippen LogP contribution < -0.4 is 9.64 Å². The van der Waals surface area contributed by atoms with Crippen molar-refractivity contribution in [1.29, 1.82) is 0 Å². The zero-order valence-electron chi connectivity index (χ0n) is 14.3. The minimum absolute atomic E-state index is 0.00560. The van der Waals surface area contributed by atoms with Gasteiger partial charge in [0.25, 0.3) is 5.91 Å². The third kappa shape index (κ3) is 4.43. The molecule has 0 atom stereocenters. The first-order chi connectivity index (χ1) is 10.9. The Balaban J connectivity index is 2.15. The number of carbonyl (C=O) groups excluding carboxylic acids is 2. The number of amides is 2. The minimum atomic E-state index is -0.237. The first kappa shape index (κ1) is 17.2. The third-order valence-electron chi connectivity index (χ3n) is 3.48. The van der Waals surface area contributed by atoms with E-state index in [-0.39, 0.29) is 25.0 Å². The van der Waals surface area contributed by atoms with Crippen LogP contribution in [-0.4, -0.2) is 47.9 Å². The third-order valence-corrected chi connectivity index (χ3v) is 3.48. The van der Waals surface area contributed by atoms with Crippen molar-refractivity contribution in [2.24, 2.45) is 11.8 Å². The Morgan fingerprint density at radius 1 is 1.30 bits per heavy atom. The smallest absolute Gasteiger partial charge is 0.266 e. The SMILES string of the molecule is CC(C)CN(CC(C)C)C(=O)CN1C(=O)COc2cccnc21. The Morgan fingerprint density at radius 2 is 1.96 bits per heavy atom. The maximum Gasteiger partial charge on any atom is 0.266 e. The van der Waals surface area contributed by atoms with Crippen molar-refractivity contribution in [3.8, 4) is 5.75 Å². The number of ether oxygens (including phenoxy) is 1. The van der Waals surface area contributed by atoms with Gasteiger partial charge in [-0.05, 0) is 24.0 Å². The topological polar surface area (TPSA) is 62.7 Å². The predicted octanol–water partition coefficient (Wildman–Crippen LogP) is 1.95. The number of rotatable bonds is 6. The fourth-order valence-corrected chi connectivity index (χ4v) is 2.59. The average molecular weight is 319 g/mol. The van der Waals surface area contributed by atoms with Crippen LogP contribution in [-0.2, 0) is 9.59 Å². The molecular weight excluding hydrogens is 294 g/mol. The lowest BCUT2D eigenvalue weighted by Gasteiger charge is -2.31. The van der Waals surface area contributed by atoms with E-state index in [0.29, 0.717) is 36.5 Å². The first-order valence-corrected chi connectivity index (χ1v) is 8.04. The van der Waals surface area contributed by atoms with E-state index in [2.05, 4.69) is 32.7 Å². The largest absolute Gasteiger partial charge is 0.480 e. The second kappa shape index (κ2) is 7.44. The highest BCUT2D eigenvalue weighted by Gasteiger charge is 2.30. The van der Waals surface area contributed by atoms with E-state index in [9.17, 15) is 9.59 Å². The Labute approximate surface area is 137 Å². The number of pyridine rings is 1. The monoisotopic (exact) mass is 319 g/mol. The molecule has 1 aliphatic heterocycles. The van der Waals surface area contributed by atoms with Crippen LogP contribution in [0, 0.1) is 11.8 Å². The van der Waals surface area contributed by atoms with Crippen molar-refractivity contribution in [3.05, 3.63) is 18.3 Å². The van der Waals surface area contributed by atoms with Crippen molar-refractivity contribution in [2.45, 2.75) is 27.7 Å². The molecule has 0 saturated heterocycles. The van der Waals surface area contributed by atoms with Gasteiger partial charge in [-0.2, -0.15) is 0 Å². The molecule has 126 valence electrons. The molecule has 0 bridgehead atoms. The number of anilines is 1. The maximum absolute atomic E-state index is 12.7. The van der Waals surface area contributed by atoms with Crippen LogP contribution in [0.4, 0.5) is 5.82 Å². The van der Waals surface area contributed by atoms with Gasteiger partial charge in [-0.1, -0.05) is 27.7 Å². The predicted molar refractivity (Wildman–Crippen MR) is 88.3 cm³/mol. The molecule has 0 spiro atoms. The highest BCUT2D eigenvalue weighted by atomic mass is 16.5. The summed E-state index contributed by atoms with van der Waals surface area (Å²) >= 11 is 0. The van der Waals surface area contributed by atoms with Crippen molar-refractivity contribution in [3.63, 3.8) is 0 Å². The van der Waals surface area contributed by atoms with E-state index < -0.39 is 0 Å². The molecule has 2 rings (SSSR count). The molecule has 0 saturated carbocycles. The Kier molecular flexibility index (Phi) is 5.58. The summed E-state index contributed by atoms with van der Waals surface area (Å²) < 4.78 is 5.36. The summed E-state index contributed by atoms with van der Waals surface area (Å²) in [6.07, 6.45) is 1.60. The quantitative estimate of drug-likeness (QED) is 0.804. The number of hydrogen-bond donors (Lipinski definition) is 0. The van der Waals surface area contributed by atoms with Crippen LogP contribution in [0.5, 0.6) is 5.75 Å². The van der Waals surface area contributed by atoms with Gasteiger partial charge in [-0.25, -0.2) is 4.98 Å². The minimum Gasteiger partial charge on any atom is -0.480 e. The second-order valence-corrected chi connectivity index (χ2v) is 6.68. The second-order valence-electron chi connectivity index (χ2n) is 6.68. The normalized spacial score (nSPS) is 14.0. The van der Waals surface area contributed by atoms with Gasteiger partial charge in [0.05, 0.1) is 0 Å². The van der Waals surface area contributed by atoms with Gasteiger partial charge in [0.1, 0.15) is 6.54 Å². The molecule has 2 heterocycles.